The fourth-order valence-electron chi connectivity index (χ4n) is 1.70. The molecule has 0 aliphatic heterocycles. The van der Waals surface area contributed by atoms with Crippen LogP contribution in [0.5, 0.6) is 0 Å². The molecule has 0 aliphatic carbocycles. The molecule has 0 saturated heterocycles. The van der Waals surface area contributed by atoms with Crippen LogP contribution in [0, 0.1) is 13.8 Å². The maximum atomic E-state index is 11.8. The molecule has 0 bridgehead atoms. The van der Waals surface area contributed by atoms with E-state index in [0.717, 1.165) is 5.69 Å². The minimum atomic E-state index is -0.346. The van der Waals surface area contributed by atoms with Crippen molar-refractivity contribution in [2.75, 3.05) is 6.61 Å². The summed E-state index contributed by atoms with van der Waals surface area (Å²) in [6.07, 6.45) is 3.32. The molecular weight excluding hydrogens is 206 g/mol. The van der Waals surface area contributed by atoms with Crippen molar-refractivity contribution in [3.05, 3.63) is 29.5 Å². The van der Waals surface area contributed by atoms with Crippen LogP contribution in [0.15, 0.2) is 12.4 Å². The predicted octanol–water partition coefficient (Wildman–Crippen LogP) is 1.52. The van der Waals surface area contributed by atoms with Gasteiger partial charge in [0.05, 0.1) is 18.5 Å². The maximum Gasteiger partial charge on any atom is 0.357 e. The van der Waals surface area contributed by atoms with Gasteiger partial charge in [-0.2, -0.15) is 0 Å². The summed E-state index contributed by atoms with van der Waals surface area (Å²) in [5.41, 5.74) is 2.67. The molecule has 0 fully saturated rings. The van der Waals surface area contributed by atoms with Crippen LogP contribution in [0.3, 0.4) is 0 Å². The molecule has 16 heavy (non-hydrogen) atoms. The summed E-state index contributed by atoms with van der Waals surface area (Å²) in [6.45, 7) is 5.81. The number of fused-ring (bicyclic) bond motifs is 1. The van der Waals surface area contributed by atoms with E-state index in [4.69, 9.17) is 4.74 Å². The number of esters is 1. The van der Waals surface area contributed by atoms with Gasteiger partial charge in [-0.25, -0.2) is 9.78 Å². The summed E-state index contributed by atoms with van der Waals surface area (Å²) < 4.78 is 6.77. The lowest BCUT2D eigenvalue weighted by Gasteiger charge is -2.04. The van der Waals surface area contributed by atoms with E-state index < -0.39 is 0 Å². The first-order valence-corrected chi connectivity index (χ1v) is 5.12. The molecule has 0 saturated carbocycles. The van der Waals surface area contributed by atoms with E-state index in [1.165, 1.54) is 0 Å². The predicted molar refractivity (Wildman–Crippen MR) is 58.4 cm³/mol. The number of aryl methyl sites for hydroxylation is 2. The summed E-state index contributed by atoms with van der Waals surface area (Å²) in [4.78, 5) is 20.1. The molecular formula is C11H13N3O2. The Morgan fingerprint density at radius 2 is 2.19 bits per heavy atom. The maximum absolute atomic E-state index is 11.8. The first kappa shape index (κ1) is 10.6. The highest BCUT2D eigenvalue weighted by molar-refractivity contribution is 5.90. The number of ether oxygens (including phenoxy) is 1. The smallest absolute Gasteiger partial charge is 0.357 e. The molecule has 0 aliphatic rings. The van der Waals surface area contributed by atoms with Crippen LogP contribution in [0.25, 0.3) is 5.65 Å². The lowest BCUT2D eigenvalue weighted by atomic mass is 10.3. The normalized spacial score (nSPS) is 10.7. The lowest BCUT2D eigenvalue weighted by Crippen LogP contribution is -2.10. The topological polar surface area (TPSA) is 56.5 Å². The third kappa shape index (κ3) is 1.54. The second-order valence-electron chi connectivity index (χ2n) is 3.51. The van der Waals surface area contributed by atoms with Gasteiger partial charge in [0.2, 0.25) is 0 Å². The molecule has 0 atom stereocenters. The number of aromatic nitrogens is 3. The second-order valence-corrected chi connectivity index (χ2v) is 3.51. The van der Waals surface area contributed by atoms with Gasteiger partial charge in [-0.3, -0.25) is 9.38 Å². The van der Waals surface area contributed by atoms with Gasteiger partial charge in [0.25, 0.3) is 0 Å². The number of nitrogens with zero attached hydrogens (tertiary/aromatic N) is 3. The highest BCUT2D eigenvalue weighted by atomic mass is 16.5. The average Bonchev–Trinajstić information content (AvgIpc) is 2.56. The Labute approximate surface area is 93.1 Å². The Balaban J connectivity index is 2.68. The number of carbonyl (C=O) groups excluding carboxylic acids is 1. The Kier molecular flexibility index (Phi) is 2.60. The van der Waals surface area contributed by atoms with Gasteiger partial charge in [-0.1, -0.05) is 0 Å². The molecule has 2 aromatic rings. The van der Waals surface area contributed by atoms with Gasteiger partial charge < -0.3 is 4.74 Å². The Morgan fingerprint density at radius 3 is 2.88 bits per heavy atom. The van der Waals surface area contributed by atoms with Gasteiger partial charge in [0, 0.05) is 11.9 Å². The SMILES string of the molecule is CCOC(=O)c1c(C)nc2cncc(C)n12. The number of carbonyl (C=O) groups is 1. The van der Waals surface area contributed by atoms with Crippen LogP contribution >= 0.6 is 0 Å². The summed E-state index contributed by atoms with van der Waals surface area (Å²) in [5, 5.41) is 0. The summed E-state index contributed by atoms with van der Waals surface area (Å²) >= 11 is 0. The van der Waals surface area contributed by atoms with Crippen molar-refractivity contribution in [3.63, 3.8) is 0 Å². The third-order valence-corrected chi connectivity index (χ3v) is 2.35. The van der Waals surface area contributed by atoms with Crippen molar-refractivity contribution >= 4 is 11.6 Å². The van der Waals surface area contributed by atoms with Gasteiger partial charge >= 0.3 is 5.97 Å². The van der Waals surface area contributed by atoms with Gasteiger partial charge in [-0.15, -0.1) is 0 Å². The third-order valence-electron chi connectivity index (χ3n) is 2.35. The van der Waals surface area contributed by atoms with Crippen molar-refractivity contribution in [2.24, 2.45) is 0 Å². The van der Waals surface area contributed by atoms with E-state index in [-0.39, 0.29) is 5.97 Å². The van der Waals surface area contributed by atoms with E-state index >= 15 is 0 Å². The van der Waals surface area contributed by atoms with Gasteiger partial charge in [-0.05, 0) is 20.8 Å². The molecule has 0 spiro atoms. The van der Waals surface area contributed by atoms with E-state index in [9.17, 15) is 4.79 Å². The Morgan fingerprint density at radius 1 is 1.44 bits per heavy atom. The molecule has 0 radical (unpaired) electrons. The van der Waals surface area contributed by atoms with E-state index in [1.807, 2.05) is 6.92 Å². The largest absolute Gasteiger partial charge is 0.461 e. The molecule has 0 N–H and O–H groups in total. The van der Waals surface area contributed by atoms with E-state index in [0.29, 0.717) is 23.6 Å². The van der Waals surface area contributed by atoms with Crippen LogP contribution in [0.2, 0.25) is 0 Å². The fraction of sp³-hybridized carbons (Fsp3) is 0.364. The molecule has 0 amide bonds. The Hall–Kier alpha value is -1.91. The average molecular weight is 219 g/mol. The number of rotatable bonds is 2. The van der Waals surface area contributed by atoms with Crippen LogP contribution in [-0.4, -0.2) is 26.9 Å². The highest BCUT2D eigenvalue weighted by Crippen LogP contribution is 2.14. The van der Waals surface area contributed by atoms with Crippen molar-refractivity contribution in [3.8, 4) is 0 Å². The summed E-state index contributed by atoms with van der Waals surface area (Å²) in [7, 11) is 0. The molecule has 84 valence electrons. The minimum absolute atomic E-state index is 0.346. The van der Waals surface area contributed by atoms with Crippen molar-refractivity contribution < 1.29 is 9.53 Å². The molecule has 0 aromatic carbocycles. The van der Waals surface area contributed by atoms with E-state index in [2.05, 4.69) is 9.97 Å². The molecule has 2 heterocycles. The van der Waals surface area contributed by atoms with Crippen LogP contribution in [0.1, 0.15) is 28.8 Å². The first-order valence-electron chi connectivity index (χ1n) is 5.12. The zero-order valence-electron chi connectivity index (χ0n) is 9.52. The summed E-state index contributed by atoms with van der Waals surface area (Å²) in [5.74, 6) is -0.346. The molecule has 0 unspecified atom stereocenters. The zero-order valence-corrected chi connectivity index (χ0v) is 9.52. The molecule has 5 nitrogen and oxygen atoms in total. The number of hydrogen-bond donors (Lipinski definition) is 0. The van der Waals surface area contributed by atoms with E-state index in [1.54, 1.807) is 30.6 Å². The van der Waals surface area contributed by atoms with Gasteiger partial charge in [0.15, 0.2) is 11.3 Å². The van der Waals surface area contributed by atoms with Crippen molar-refractivity contribution in [1.29, 1.82) is 0 Å². The fourth-order valence-corrected chi connectivity index (χ4v) is 1.70. The molecule has 2 rings (SSSR count). The standard InChI is InChI=1S/C11H13N3O2/c1-4-16-11(15)10-8(3)13-9-6-12-5-7(2)14(9)10/h5-6H,4H2,1-3H3. The first-order chi connectivity index (χ1) is 7.65. The van der Waals surface area contributed by atoms with Crippen LogP contribution < -0.4 is 0 Å². The highest BCUT2D eigenvalue weighted by Gasteiger charge is 2.18. The van der Waals surface area contributed by atoms with Gasteiger partial charge in [0.1, 0.15) is 0 Å². The second kappa shape index (κ2) is 3.92. The lowest BCUT2D eigenvalue weighted by molar-refractivity contribution is 0.0517. The van der Waals surface area contributed by atoms with Crippen molar-refractivity contribution in [1.82, 2.24) is 14.4 Å². The molecule has 2 aromatic heterocycles. The quantitative estimate of drug-likeness (QED) is 0.718. The zero-order chi connectivity index (χ0) is 11.7. The monoisotopic (exact) mass is 219 g/mol. The van der Waals surface area contributed by atoms with Crippen LogP contribution in [-0.2, 0) is 4.74 Å². The molecule has 5 heteroatoms. The number of hydrogen-bond acceptors (Lipinski definition) is 4. The Bertz CT molecular complexity index is 545. The van der Waals surface area contributed by atoms with Crippen LogP contribution in [0.4, 0.5) is 0 Å². The summed E-state index contributed by atoms with van der Waals surface area (Å²) in [6, 6.07) is 0. The number of imidazole rings is 1. The minimum Gasteiger partial charge on any atom is -0.461 e. The van der Waals surface area contributed by atoms with Crippen molar-refractivity contribution in [2.45, 2.75) is 20.8 Å².